The normalized spacial score (nSPS) is 11.7. The number of nitrogens with zero attached hydrogens (tertiary/aromatic N) is 5. The van der Waals surface area contributed by atoms with E-state index in [1.54, 1.807) is 0 Å². The van der Waals surface area contributed by atoms with Gasteiger partial charge in [0.05, 0.1) is 12.6 Å². The van der Waals surface area contributed by atoms with Gasteiger partial charge in [-0.05, 0) is 5.53 Å². The Morgan fingerprint density at radius 1 is 1.56 bits per heavy atom. The lowest BCUT2D eigenvalue weighted by Gasteiger charge is -2.10. The quantitative estimate of drug-likeness (QED) is 0.497. The van der Waals surface area contributed by atoms with Gasteiger partial charge in [0.15, 0.2) is 16.1 Å². The fourth-order valence-electron chi connectivity index (χ4n) is 0.808. The van der Waals surface area contributed by atoms with Crippen LogP contribution in [0, 0.1) is 0 Å². The van der Waals surface area contributed by atoms with E-state index in [0.717, 1.165) is 0 Å². The summed E-state index contributed by atoms with van der Waals surface area (Å²) in [6, 6.07) is 1.37. The molecule has 1 aromatic heterocycles. The molecule has 0 aliphatic heterocycles. The third-order valence-electron chi connectivity index (χ3n) is 1.47. The third-order valence-corrected chi connectivity index (χ3v) is 1.92. The molecule has 1 heterocycles. The number of aromatic nitrogens is 2. The van der Waals surface area contributed by atoms with E-state index in [2.05, 4.69) is 20.2 Å². The molecule has 0 aliphatic rings. The van der Waals surface area contributed by atoms with Crippen molar-refractivity contribution in [3.8, 4) is 5.75 Å². The van der Waals surface area contributed by atoms with E-state index in [1.807, 2.05) is 0 Å². The zero-order chi connectivity index (χ0) is 12.0. The van der Waals surface area contributed by atoms with Crippen molar-refractivity contribution >= 4 is 23.2 Å². The predicted molar refractivity (Wildman–Crippen MR) is 57.6 cm³/mol. The summed E-state index contributed by atoms with van der Waals surface area (Å²) in [6.45, 7) is -0.166. The summed E-state index contributed by atoms with van der Waals surface area (Å²) in [5.74, 6) is 0.210. The van der Waals surface area contributed by atoms with Gasteiger partial charge in [-0.1, -0.05) is 28.3 Å². The first-order chi connectivity index (χ1) is 7.63. The van der Waals surface area contributed by atoms with Crippen LogP contribution in [0.2, 0.25) is 10.3 Å². The van der Waals surface area contributed by atoms with Crippen molar-refractivity contribution in [2.24, 2.45) is 5.11 Å². The number of aliphatic hydroxyl groups excluding tert-OH is 1. The number of halogens is 2. The van der Waals surface area contributed by atoms with E-state index in [9.17, 15) is 5.11 Å². The fourth-order valence-corrected chi connectivity index (χ4v) is 1.09. The van der Waals surface area contributed by atoms with Crippen LogP contribution in [0.3, 0.4) is 0 Å². The first kappa shape index (κ1) is 12.8. The highest BCUT2D eigenvalue weighted by Gasteiger charge is 2.08. The smallest absolute Gasteiger partial charge is 0.193 e. The van der Waals surface area contributed by atoms with E-state index in [4.69, 9.17) is 33.5 Å². The molecule has 1 N–H and O–H groups in total. The Bertz CT molecular complexity index is 410. The van der Waals surface area contributed by atoms with Crippen molar-refractivity contribution in [1.82, 2.24) is 10.2 Å². The molecule has 7 nitrogen and oxygen atoms in total. The molecule has 1 rings (SSSR count). The summed E-state index contributed by atoms with van der Waals surface area (Å²) in [5.41, 5.74) is 8.03. The van der Waals surface area contributed by atoms with Gasteiger partial charge in [-0.15, -0.1) is 10.2 Å². The maximum Gasteiger partial charge on any atom is 0.193 e. The van der Waals surface area contributed by atoms with Crippen molar-refractivity contribution < 1.29 is 9.84 Å². The number of ether oxygens (including phenoxy) is 1. The van der Waals surface area contributed by atoms with Crippen LogP contribution in [-0.2, 0) is 0 Å². The van der Waals surface area contributed by atoms with Crippen LogP contribution >= 0.6 is 23.2 Å². The average molecular weight is 264 g/mol. The largest absolute Gasteiger partial charge is 0.487 e. The topological polar surface area (TPSA) is 104 Å². The highest BCUT2D eigenvalue weighted by molar-refractivity contribution is 6.32. The standard InChI is InChI=1S/C7H7Cl2N5O2/c8-6-1-5(7(9)13-12-6)16-3-4(15)2-11-14-10/h1,4,15H,2-3H2/t4-/m0/s1. The zero-order valence-corrected chi connectivity index (χ0v) is 9.43. The molecule has 16 heavy (non-hydrogen) atoms. The molecule has 0 radical (unpaired) electrons. The van der Waals surface area contributed by atoms with E-state index < -0.39 is 6.10 Å². The molecule has 0 spiro atoms. The lowest BCUT2D eigenvalue weighted by atomic mass is 10.4. The van der Waals surface area contributed by atoms with Crippen LogP contribution < -0.4 is 4.74 Å². The van der Waals surface area contributed by atoms with Crippen LogP contribution in [0.1, 0.15) is 0 Å². The SMILES string of the molecule is [N-]=[N+]=NC[C@H](O)COc1cc(Cl)nnc1Cl. The highest BCUT2D eigenvalue weighted by atomic mass is 35.5. The van der Waals surface area contributed by atoms with Gasteiger partial charge >= 0.3 is 0 Å². The van der Waals surface area contributed by atoms with Gasteiger partial charge in [-0.2, -0.15) is 0 Å². The number of hydrogen-bond donors (Lipinski definition) is 1. The summed E-state index contributed by atoms with van der Waals surface area (Å²) < 4.78 is 5.12. The number of aliphatic hydroxyl groups is 1. The Labute approximate surface area is 101 Å². The Morgan fingerprint density at radius 2 is 2.31 bits per heavy atom. The highest BCUT2D eigenvalue weighted by Crippen LogP contribution is 2.23. The van der Waals surface area contributed by atoms with Crippen molar-refractivity contribution in [2.45, 2.75) is 6.10 Å². The van der Waals surface area contributed by atoms with Gasteiger partial charge in [0.25, 0.3) is 0 Å². The maximum atomic E-state index is 9.30. The van der Waals surface area contributed by atoms with Crippen molar-refractivity contribution in [1.29, 1.82) is 0 Å². The molecule has 0 aliphatic carbocycles. The molecule has 9 heteroatoms. The van der Waals surface area contributed by atoms with Crippen molar-refractivity contribution in [3.05, 3.63) is 26.8 Å². The van der Waals surface area contributed by atoms with Crippen LogP contribution in [0.15, 0.2) is 11.2 Å². The monoisotopic (exact) mass is 263 g/mol. The lowest BCUT2D eigenvalue weighted by Crippen LogP contribution is -2.20. The minimum atomic E-state index is -0.918. The average Bonchev–Trinajstić information content (AvgIpc) is 2.27. The summed E-state index contributed by atoms with van der Waals surface area (Å²) in [6.07, 6.45) is -0.918. The molecule has 86 valence electrons. The van der Waals surface area contributed by atoms with Crippen LogP contribution in [0.25, 0.3) is 10.4 Å². The van der Waals surface area contributed by atoms with Gasteiger partial charge < -0.3 is 9.84 Å². The Kier molecular flexibility index (Phi) is 5.07. The predicted octanol–water partition coefficient (Wildman–Crippen LogP) is 1.83. The maximum absolute atomic E-state index is 9.30. The van der Waals surface area contributed by atoms with Crippen LogP contribution in [-0.4, -0.2) is 34.6 Å². The van der Waals surface area contributed by atoms with Gasteiger partial charge in [0, 0.05) is 11.0 Å². The van der Waals surface area contributed by atoms with Crippen molar-refractivity contribution in [2.75, 3.05) is 13.2 Å². The number of rotatable bonds is 5. The van der Waals surface area contributed by atoms with Crippen molar-refractivity contribution in [3.63, 3.8) is 0 Å². The first-order valence-corrected chi connectivity index (χ1v) is 4.89. The van der Waals surface area contributed by atoms with Gasteiger partial charge in [-0.3, -0.25) is 0 Å². The second-order valence-electron chi connectivity index (χ2n) is 2.70. The third kappa shape index (κ3) is 4.08. The van der Waals surface area contributed by atoms with Crippen LogP contribution in [0.5, 0.6) is 5.75 Å². The van der Waals surface area contributed by atoms with Gasteiger partial charge in [0.1, 0.15) is 6.61 Å². The summed E-state index contributed by atoms with van der Waals surface area (Å²) in [4.78, 5) is 2.50. The van der Waals surface area contributed by atoms with E-state index >= 15 is 0 Å². The number of hydrogen-bond acceptors (Lipinski definition) is 5. The van der Waals surface area contributed by atoms with Crippen LogP contribution in [0.4, 0.5) is 0 Å². The first-order valence-electron chi connectivity index (χ1n) is 4.14. The zero-order valence-electron chi connectivity index (χ0n) is 7.92. The minimum absolute atomic E-state index is 0.0420. The van der Waals surface area contributed by atoms with Gasteiger partial charge in [-0.25, -0.2) is 0 Å². The van der Waals surface area contributed by atoms with E-state index in [-0.39, 0.29) is 29.2 Å². The molecule has 1 atom stereocenters. The molecule has 1 aromatic rings. The summed E-state index contributed by atoms with van der Waals surface area (Å²) in [7, 11) is 0. The molecule has 0 aromatic carbocycles. The lowest BCUT2D eigenvalue weighted by molar-refractivity contribution is 0.114. The minimum Gasteiger partial charge on any atom is -0.487 e. The Balaban J connectivity index is 2.53. The molecular formula is C7H7Cl2N5O2. The molecule has 0 saturated carbocycles. The Morgan fingerprint density at radius 3 is 3.00 bits per heavy atom. The fraction of sp³-hybridized carbons (Fsp3) is 0.429. The number of azide groups is 1. The molecule has 0 saturated heterocycles. The second kappa shape index (κ2) is 6.34. The van der Waals surface area contributed by atoms with E-state index in [1.165, 1.54) is 6.07 Å². The second-order valence-corrected chi connectivity index (χ2v) is 3.45. The summed E-state index contributed by atoms with van der Waals surface area (Å²) >= 11 is 11.2. The Hall–Kier alpha value is -1.27. The molecule has 0 unspecified atom stereocenters. The van der Waals surface area contributed by atoms with Gasteiger partial charge in [0.2, 0.25) is 0 Å². The molecule has 0 bridgehead atoms. The van der Waals surface area contributed by atoms with E-state index in [0.29, 0.717) is 0 Å². The summed E-state index contributed by atoms with van der Waals surface area (Å²) in [5, 5.41) is 19.7. The molecule has 0 amide bonds. The molecule has 0 fully saturated rings. The molecular weight excluding hydrogens is 257 g/mol.